The van der Waals surface area contributed by atoms with Gasteiger partial charge in [0.2, 0.25) is 0 Å². The van der Waals surface area contributed by atoms with E-state index in [1.54, 1.807) is 6.07 Å². The SMILES string of the molecule is CCc1cc(C(N)=O)c(NC(=O)c2sccc2C)s1. The number of carbonyl (C=O) groups is 2. The lowest BCUT2D eigenvalue weighted by Gasteiger charge is -2.03. The summed E-state index contributed by atoms with van der Waals surface area (Å²) in [5.41, 5.74) is 6.63. The zero-order valence-electron chi connectivity index (χ0n) is 10.6. The Balaban J connectivity index is 2.28. The van der Waals surface area contributed by atoms with E-state index in [4.69, 9.17) is 5.73 Å². The molecule has 0 saturated heterocycles. The smallest absolute Gasteiger partial charge is 0.266 e. The summed E-state index contributed by atoms with van der Waals surface area (Å²) in [7, 11) is 0. The number of hydrogen-bond donors (Lipinski definition) is 2. The molecule has 0 aliphatic rings. The Morgan fingerprint density at radius 2 is 2.16 bits per heavy atom. The standard InChI is InChI=1S/C13H14N2O2S2/c1-3-8-6-9(11(14)16)13(19-8)15-12(17)10-7(2)4-5-18-10/h4-6H,3H2,1-2H3,(H2,14,16)(H,15,17). The number of nitrogens with two attached hydrogens (primary N) is 1. The molecule has 6 heteroatoms. The number of carbonyl (C=O) groups excluding carboxylic acids is 2. The van der Waals surface area contributed by atoms with Crippen molar-refractivity contribution in [2.45, 2.75) is 20.3 Å². The van der Waals surface area contributed by atoms with Crippen LogP contribution in [0, 0.1) is 6.92 Å². The first-order valence-corrected chi connectivity index (χ1v) is 7.50. The normalized spacial score (nSPS) is 10.4. The Kier molecular flexibility index (Phi) is 4.01. The molecule has 2 heterocycles. The van der Waals surface area contributed by atoms with Crippen LogP contribution in [-0.4, -0.2) is 11.8 Å². The van der Waals surface area contributed by atoms with Crippen molar-refractivity contribution in [2.75, 3.05) is 5.32 Å². The van der Waals surface area contributed by atoms with Gasteiger partial charge in [0.05, 0.1) is 10.4 Å². The van der Waals surface area contributed by atoms with Gasteiger partial charge in [-0.05, 0) is 36.4 Å². The monoisotopic (exact) mass is 294 g/mol. The Morgan fingerprint density at radius 1 is 1.42 bits per heavy atom. The molecule has 0 bridgehead atoms. The molecule has 2 aromatic heterocycles. The van der Waals surface area contributed by atoms with Crippen LogP contribution in [0.1, 0.15) is 37.4 Å². The largest absolute Gasteiger partial charge is 0.366 e. The molecule has 4 nitrogen and oxygen atoms in total. The molecule has 2 aromatic rings. The minimum atomic E-state index is -0.519. The first-order valence-electron chi connectivity index (χ1n) is 5.81. The number of hydrogen-bond acceptors (Lipinski definition) is 4. The third-order valence-electron chi connectivity index (χ3n) is 2.69. The quantitative estimate of drug-likeness (QED) is 0.909. The number of anilines is 1. The summed E-state index contributed by atoms with van der Waals surface area (Å²) in [6.45, 7) is 3.87. The van der Waals surface area contributed by atoms with Crippen LogP contribution in [0.4, 0.5) is 5.00 Å². The molecule has 0 saturated carbocycles. The fraction of sp³-hybridized carbons (Fsp3) is 0.231. The van der Waals surface area contributed by atoms with Crippen LogP contribution in [-0.2, 0) is 6.42 Å². The first-order chi connectivity index (χ1) is 9.02. The van der Waals surface area contributed by atoms with Crippen LogP contribution in [0.3, 0.4) is 0 Å². The second kappa shape index (κ2) is 5.54. The van der Waals surface area contributed by atoms with Crippen molar-refractivity contribution in [2.24, 2.45) is 5.73 Å². The van der Waals surface area contributed by atoms with Gasteiger partial charge in [0.15, 0.2) is 0 Å². The minimum Gasteiger partial charge on any atom is -0.366 e. The highest BCUT2D eigenvalue weighted by atomic mass is 32.1. The molecule has 3 N–H and O–H groups in total. The van der Waals surface area contributed by atoms with Crippen molar-refractivity contribution >= 4 is 39.5 Å². The van der Waals surface area contributed by atoms with Crippen LogP contribution in [0.5, 0.6) is 0 Å². The number of primary amides is 1. The Hall–Kier alpha value is -1.66. The molecule has 0 aliphatic heterocycles. The maximum Gasteiger partial charge on any atom is 0.266 e. The third kappa shape index (κ3) is 2.85. The van der Waals surface area contributed by atoms with E-state index in [0.29, 0.717) is 15.4 Å². The zero-order valence-corrected chi connectivity index (χ0v) is 12.3. The average Bonchev–Trinajstić information content (AvgIpc) is 2.95. The van der Waals surface area contributed by atoms with E-state index in [9.17, 15) is 9.59 Å². The van der Waals surface area contributed by atoms with Crippen LogP contribution >= 0.6 is 22.7 Å². The molecule has 0 fully saturated rings. The van der Waals surface area contributed by atoms with E-state index in [2.05, 4.69) is 5.32 Å². The molecule has 0 radical (unpaired) electrons. The molecule has 0 atom stereocenters. The Bertz CT molecular complexity index is 628. The van der Waals surface area contributed by atoms with Crippen molar-refractivity contribution in [3.8, 4) is 0 Å². The van der Waals surface area contributed by atoms with Crippen LogP contribution < -0.4 is 11.1 Å². The fourth-order valence-corrected chi connectivity index (χ4v) is 3.47. The van der Waals surface area contributed by atoms with E-state index in [0.717, 1.165) is 16.9 Å². The van der Waals surface area contributed by atoms with Crippen LogP contribution in [0.15, 0.2) is 17.5 Å². The van der Waals surface area contributed by atoms with Crippen molar-refractivity contribution in [3.63, 3.8) is 0 Å². The second-order valence-corrected chi connectivity index (χ2v) is 6.11. The summed E-state index contributed by atoms with van der Waals surface area (Å²) >= 11 is 2.77. The maximum atomic E-state index is 12.1. The van der Waals surface area contributed by atoms with Gasteiger partial charge in [0, 0.05) is 4.88 Å². The summed E-state index contributed by atoms with van der Waals surface area (Å²) in [6, 6.07) is 3.63. The molecular weight excluding hydrogens is 280 g/mol. The third-order valence-corrected chi connectivity index (χ3v) is 4.90. The van der Waals surface area contributed by atoms with Gasteiger partial charge in [-0.2, -0.15) is 0 Å². The zero-order chi connectivity index (χ0) is 14.0. The van der Waals surface area contributed by atoms with Gasteiger partial charge in [-0.25, -0.2) is 0 Å². The lowest BCUT2D eigenvalue weighted by molar-refractivity contribution is 0.100. The summed E-state index contributed by atoms with van der Waals surface area (Å²) < 4.78 is 0. The predicted octanol–water partition coefficient (Wildman–Crippen LogP) is 3.03. The van der Waals surface area contributed by atoms with Gasteiger partial charge >= 0.3 is 0 Å². The molecule has 0 spiro atoms. The van der Waals surface area contributed by atoms with Crippen LogP contribution in [0.25, 0.3) is 0 Å². The number of nitrogens with one attached hydrogen (secondary N) is 1. The summed E-state index contributed by atoms with van der Waals surface area (Å²) in [4.78, 5) is 25.2. The van der Waals surface area contributed by atoms with Crippen molar-refractivity contribution < 1.29 is 9.59 Å². The minimum absolute atomic E-state index is 0.195. The van der Waals surface area contributed by atoms with E-state index in [-0.39, 0.29) is 5.91 Å². The van der Waals surface area contributed by atoms with Crippen molar-refractivity contribution in [3.05, 3.63) is 38.4 Å². The number of aryl methyl sites for hydroxylation is 2. The highest BCUT2D eigenvalue weighted by molar-refractivity contribution is 7.17. The molecule has 0 aromatic carbocycles. The molecule has 2 rings (SSSR count). The number of rotatable bonds is 4. The number of amides is 2. The summed E-state index contributed by atoms with van der Waals surface area (Å²) in [6.07, 6.45) is 0.804. The molecule has 0 aliphatic carbocycles. The van der Waals surface area contributed by atoms with Crippen LogP contribution in [0.2, 0.25) is 0 Å². The molecule has 19 heavy (non-hydrogen) atoms. The van der Waals surface area contributed by atoms with Gasteiger partial charge in [-0.3, -0.25) is 9.59 Å². The van der Waals surface area contributed by atoms with Gasteiger partial charge in [0.1, 0.15) is 5.00 Å². The van der Waals surface area contributed by atoms with Crippen molar-refractivity contribution in [1.29, 1.82) is 0 Å². The average molecular weight is 294 g/mol. The van der Waals surface area contributed by atoms with E-state index >= 15 is 0 Å². The van der Waals surface area contributed by atoms with Gasteiger partial charge in [-0.15, -0.1) is 22.7 Å². The Labute approximate surface area is 119 Å². The lowest BCUT2D eigenvalue weighted by Crippen LogP contribution is -2.16. The highest BCUT2D eigenvalue weighted by Gasteiger charge is 2.17. The second-order valence-electron chi connectivity index (χ2n) is 4.06. The first kappa shape index (κ1) is 13.8. The van der Waals surface area contributed by atoms with E-state index in [1.165, 1.54) is 22.7 Å². The summed E-state index contributed by atoms with van der Waals surface area (Å²) in [5.74, 6) is -0.714. The van der Waals surface area contributed by atoms with Gasteiger partial charge in [0.25, 0.3) is 11.8 Å². The molecule has 100 valence electrons. The fourth-order valence-electron chi connectivity index (χ4n) is 1.66. The number of thiophene rings is 2. The van der Waals surface area contributed by atoms with Gasteiger partial charge < -0.3 is 11.1 Å². The predicted molar refractivity (Wildman–Crippen MR) is 79.2 cm³/mol. The van der Waals surface area contributed by atoms with Gasteiger partial charge in [-0.1, -0.05) is 6.92 Å². The molecular formula is C13H14N2O2S2. The highest BCUT2D eigenvalue weighted by Crippen LogP contribution is 2.29. The van der Waals surface area contributed by atoms with Crippen molar-refractivity contribution in [1.82, 2.24) is 0 Å². The summed E-state index contributed by atoms with van der Waals surface area (Å²) in [5, 5.41) is 5.17. The van der Waals surface area contributed by atoms with E-state index in [1.807, 2.05) is 25.3 Å². The molecule has 2 amide bonds. The Morgan fingerprint density at radius 3 is 2.68 bits per heavy atom. The maximum absolute atomic E-state index is 12.1. The lowest BCUT2D eigenvalue weighted by atomic mass is 10.2. The topological polar surface area (TPSA) is 72.2 Å². The van der Waals surface area contributed by atoms with E-state index < -0.39 is 5.91 Å². The molecule has 0 unspecified atom stereocenters.